The van der Waals surface area contributed by atoms with Gasteiger partial charge in [-0.05, 0) is 215 Å². The molecule has 8 rings (SSSR count). The van der Waals surface area contributed by atoms with Gasteiger partial charge in [0.2, 0.25) is 5.79 Å². The second-order valence-corrected chi connectivity index (χ2v) is 40.6. The lowest BCUT2D eigenvalue weighted by Gasteiger charge is -2.42. The number of amides is 2. The Labute approximate surface area is 778 Å². The zero-order valence-corrected chi connectivity index (χ0v) is 83.4. The summed E-state index contributed by atoms with van der Waals surface area (Å²) in [4.78, 5) is 144. The summed E-state index contributed by atoms with van der Waals surface area (Å²) < 4.78 is 76.9. The maximum Gasteiger partial charge on any atom is 0.329 e. The molecule has 0 aromatic heterocycles. The number of hydrogen-bond donors (Lipinski definition) is 1. The summed E-state index contributed by atoms with van der Waals surface area (Å²) in [5.74, 6) is -14.0. The summed E-state index contributed by atoms with van der Waals surface area (Å²) in [7, 11) is 9.75. The molecule has 4 saturated heterocycles. The number of piperidine rings is 2. The van der Waals surface area contributed by atoms with Crippen LogP contribution in [0.3, 0.4) is 0 Å². The highest BCUT2D eigenvalue weighted by atomic mass is 19.2. The molecule has 4 bridgehead atoms. The van der Waals surface area contributed by atoms with Crippen LogP contribution >= 0.6 is 0 Å². The number of rotatable bonds is 12. The molecule has 2 amide bonds. The van der Waals surface area contributed by atoms with Crippen LogP contribution < -0.4 is 0 Å². The molecule has 6 heterocycles. The predicted molar refractivity (Wildman–Crippen MR) is 502 cm³/mol. The first-order chi connectivity index (χ1) is 61.5. The summed E-state index contributed by atoms with van der Waals surface area (Å²) in [5, 5.41) is 12.0. The monoisotopic (exact) mass is 1820 g/mol. The fourth-order valence-electron chi connectivity index (χ4n) is 21.1. The van der Waals surface area contributed by atoms with Crippen molar-refractivity contribution in [3.8, 4) is 0 Å². The average Bonchev–Trinajstić information content (AvgIpc) is 0.774. The number of carbonyl (C=O) groups is 10. The van der Waals surface area contributed by atoms with Crippen molar-refractivity contribution in [1.82, 2.24) is 9.80 Å². The lowest BCUT2D eigenvalue weighted by molar-refractivity contribution is -0.265. The van der Waals surface area contributed by atoms with Gasteiger partial charge in [0.05, 0.1) is 36.6 Å². The average molecular weight is 1820 g/mol. The van der Waals surface area contributed by atoms with Crippen LogP contribution in [-0.4, -0.2) is 214 Å². The Morgan fingerprint density at radius 3 is 1.22 bits per heavy atom. The summed E-state index contributed by atoms with van der Waals surface area (Å²) in [6.07, 6.45) is 32.0. The van der Waals surface area contributed by atoms with Gasteiger partial charge in [-0.1, -0.05) is 181 Å². The number of esters is 2. The van der Waals surface area contributed by atoms with E-state index in [0.717, 1.165) is 60.8 Å². The zero-order chi connectivity index (χ0) is 96.3. The van der Waals surface area contributed by atoms with E-state index in [2.05, 4.69) is 39.8 Å². The smallest absolute Gasteiger partial charge is 0.329 e. The van der Waals surface area contributed by atoms with Crippen LogP contribution in [-0.2, 0) is 95.3 Å². The van der Waals surface area contributed by atoms with Crippen molar-refractivity contribution < 1.29 is 105 Å². The van der Waals surface area contributed by atoms with E-state index in [1.54, 1.807) is 56.5 Å². The minimum Gasteiger partial charge on any atom is -0.460 e. The Balaban J connectivity index is 0.000000356. The molecule has 23 nitrogen and oxygen atoms in total. The van der Waals surface area contributed by atoms with Crippen LogP contribution in [0, 0.1) is 94.7 Å². The highest BCUT2D eigenvalue weighted by molar-refractivity contribution is 6.39. The van der Waals surface area contributed by atoms with Gasteiger partial charge >= 0.3 is 11.9 Å². The van der Waals surface area contributed by atoms with Crippen molar-refractivity contribution in [3.05, 3.63) is 95.2 Å². The first kappa shape index (κ1) is 110. The molecule has 0 aromatic rings. The number of aliphatic hydroxyl groups is 1. The van der Waals surface area contributed by atoms with Crippen molar-refractivity contribution in [1.29, 1.82) is 0 Å². The van der Waals surface area contributed by atoms with Crippen molar-refractivity contribution in [2.45, 2.75) is 363 Å². The number of ether oxygens (including phenoxy) is 10. The number of fused-ring (bicyclic) bond motifs is 6. The lowest BCUT2D eigenvalue weighted by atomic mass is 9.76. The number of carbonyl (C=O) groups excluding carboxylic acids is 10. The first-order valence-corrected chi connectivity index (χ1v) is 49.1. The van der Waals surface area contributed by atoms with Crippen molar-refractivity contribution in [3.63, 3.8) is 0 Å². The SMILES string of the molecule is CO[C@H]1C[C@@H]2CC[C@@H](C)[C@@](F)(O2)C(=O)C(=O)N2CCCC[C@H]2C(=O)OC([C@H](C)C[C@@H]2CC[C@@H](C)[C@H](OC)C2)CC(=O)[C@H](C)/C=C(\C)[C@@H](C)[C@@H](OC)C(=O)[C@H](C)C[C@H](C)/C=C/C=CC=C1C.CO[C@H]1C[C@@H]2CC[C@@H](C)[C@@](O)(O2)C(=O)C(=O)N2CCCC[C@H]2C(=O)O[C@H]([C@H](C)C[C@@H]2CC[C@@H](C)[C@H](OC)C2)CC(=O)[C@H](C)/C=C(\C)[C@@H](C)[C@@H](OC)C(=O)[C@H](C)C[C@H](C)/C=C/C=CC=C1C. The van der Waals surface area contributed by atoms with Crippen LogP contribution in [0.5, 0.6) is 0 Å². The summed E-state index contributed by atoms with van der Waals surface area (Å²) in [6, 6.07) is -2.20. The first-order valence-electron chi connectivity index (χ1n) is 49.1. The lowest BCUT2D eigenvalue weighted by Crippen LogP contribution is -2.61. The van der Waals surface area contributed by atoms with Gasteiger partial charge in [-0.15, -0.1) is 0 Å². The topological polar surface area (TPSA) is 290 Å². The van der Waals surface area contributed by atoms with Gasteiger partial charge in [0, 0.05) is 129 Å². The third kappa shape index (κ3) is 30.2. The normalized spacial score (nSPS) is 39.1. The molecule has 24 heteroatoms. The fraction of sp³-hybridized carbons (Fsp3) is 0.755. The van der Waals surface area contributed by atoms with Gasteiger partial charge in [-0.25, -0.2) is 14.0 Å². The third-order valence-electron chi connectivity index (χ3n) is 30.5. The van der Waals surface area contributed by atoms with Gasteiger partial charge in [0.1, 0.15) is 48.1 Å². The molecule has 6 fully saturated rings. The largest absolute Gasteiger partial charge is 0.460 e. The minimum atomic E-state index is -2.89. The molecule has 1 N–H and O–H groups in total. The number of Topliss-reactive ketones (excluding diaryl/α,β-unsaturated/α-hetero) is 6. The number of methoxy groups -OCH3 is 6. The van der Waals surface area contributed by atoms with Crippen LogP contribution in [0.4, 0.5) is 4.39 Å². The van der Waals surface area contributed by atoms with Crippen LogP contribution in [0.1, 0.15) is 279 Å². The van der Waals surface area contributed by atoms with E-state index in [0.29, 0.717) is 107 Å². The van der Waals surface area contributed by atoms with Crippen molar-refractivity contribution in [2.24, 2.45) is 94.7 Å². The summed E-state index contributed by atoms with van der Waals surface area (Å²) in [6.45, 7) is 35.1. The van der Waals surface area contributed by atoms with E-state index < -0.39 is 125 Å². The van der Waals surface area contributed by atoms with Gasteiger partial charge in [0.15, 0.2) is 11.6 Å². The highest BCUT2D eigenvalue weighted by Crippen LogP contribution is 2.44. The molecule has 0 spiro atoms. The van der Waals surface area contributed by atoms with E-state index in [1.807, 2.05) is 144 Å². The summed E-state index contributed by atoms with van der Waals surface area (Å²) in [5.41, 5.74) is 3.49. The zero-order valence-electron chi connectivity index (χ0n) is 83.4. The second-order valence-electron chi connectivity index (χ2n) is 40.6. The molecule has 2 saturated carbocycles. The maximum absolute atomic E-state index is 17.1. The number of cyclic esters (lactones) is 2. The molecule has 1 unspecified atom stereocenters. The fourth-order valence-corrected chi connectivity index (χ4v) is 21.1. The molecule has 130 heavy (non-hydrogen) atoms. The van der Waals surface area contributed by atoms with Gasteiger partial charge in [-0.2, -0.15) is 0 Å². The Morgan fingerprint density at radius 1 is 0.438 bits per heavy atom. The van der Waals surface area contributed by atoms with E-state index in [-0.39, 0.29) is 134 Å². The van der Waals surface area contributed by atoms with Gasteiger partial charge < -0.3 is 62.3 Å². The molecule has 6 aliphatic heterocycles. The minimum absolute atomic E-state index is 0.00242. The van der Waals surface area contributed by atoms with Crippen LogP contribution in [0.25, 0.3) is 0 Å². The second kappa shape index (κ2) is 52.5. The molecule has 732 valence electrons. The number of nitrogens with zero attached hydrogens (tertiary/aromatic N) is 2. The number of allylic oxidation sites excluding steroid dienone is 12. The van der Waals surface area contributed by atoms with E-state index in [9.17, 15) is 53.1 Å². The van der Waals surface area contributed by atoms with Crippen LogP contribution in [0.2, 0.25) is 0 Å². The molecule has 8 aliphatic rings. The highest BCUT2D eigenvalue weighted by Gasteiger charge is 2.57. The predicted octanol–water partition coefficient (Wildman–Crippen LogP) is 18.4. The Bertz CT molecular complexity index is 3760. The molecule has 0 aromatic carbocycles. The number of halogens is 1. The van der Waals surface area contributed by atoms with E-state index in [4.69, 9.17) is 47.4 Å². The third-order valence-corrected chi connectivity index (χ3v) is 30.5. The van der Waals surface area contributed by atoms with E-state index in [1.165, 1.54) is 9.80 Å². The molecule has 0 radical (unpaired) electrons. The Morgan fingerprint density at radius 2 is 0.831 bits per heavy atom. The quantitative estimate of drug-likeness (QED) is 0.108. The van der Waals surface area contributed by atoms with E-state index >= 15 is 4.39 Å². The molecular weight excluding hydrogens is 1660 g/mol. The maximum atomic E-state index is 17.1. The molecule has 2 aliphatic carbocycles. The van der Waals surface area contributed by atoms with Crippen molar-refractivity contribution in [2.75, 3.05) is 55.7 Å². The standard InChI is InChI=1S/C53H82FNO10.C53H83NO11/c1-32-18-14-13-15-19-33(2)46(62-11)30-42-24-22-39(8)53(54,65-42)50(58)51(59)55-25-17-16-20-43(55)52(60)64-47(37(6)28-41-23-21-34(3)45(29-41)61-10)31-44(56)36(5)27-35(4)40(9)49(63-12)48(57)38(7)26-32;1-32-18-14-13-15-19-33(2)46(62-11)30-42-24-22-39(8)53(60,65-42)50(57)51(58)54-25-17-16-20-43(54)52(59)64-47(37(6)28-41-23-21-34(3)45(29-41)61-10)31-44(55)36(5)27-35(4)40(9)49(63-12)48(56)38(7)26-32/h13-15,18-19,27,32,34,36-43,45-47,49H,16-17,20-26,28-31H2,1-12H3;13-15,18-19,27,32,34,36-43,45-47,49,60H,16-17,20-26,28-31H2,1-12H3/b2*15-13?,18-14+,33-19?,35-27+/t32-,34-,36-,37-,38-,39-,40-,41+,42+,43+,45-,46+,47?,49-,53-;32-,34-,36-,37-,38-,39-,40-,41+,42+,43+,45-,46+,47+,49-,53-/m11/s1. The number of hydrogen-bond acceptors (Lipinski definition) is 21. The van der Waals surface area contributed by atoms with Gasteiger partial charge in [0.25, 0.3) is 29.2 Å². The number of ketones is 6. The Kier molecular flexibility index (Phi) is 44.6. The molecule has 30 atom stereocenters. The van der Waals surface area contributed by atoms with Gasteiger partial charge in [-0.3, -0.25) is 38.4 Å². The molecular formula is C106H165FN2O21. The number of alkyl halides is 1. The van der Waals surface area contributed by atoms with Crippen LogP contribution in [0.15, 0.2) is 95.2 Å². The van der Waals surface area contributed by atoms with Crippen molar-refractivity contribution >= 4 is 58.5 Å². The Hall–Kier alpha value is -6.61. The summed E-state index contributed by atoms with van der Waals surface area (Å²) >= 11 is 0.